The molecule has 0 aromatic heterocycles. The lowest BCUT2D eigenvalue weighted by atomic mass is 9.99. The van der Waals surface area contributed by atoms with Crippen molar-refractivity contribution in [2.75, 3.05) is 13.2 Å². The fraction of sp³-hybridized carbons (Fsp3) is 0.478. The molecule has 2 N–H and O–H groups in total. The Labute approximate surface area is 184 Å². The molecular weight excluding hydrogens is 452 g/mol. The Kier molecular flexibility index (Phi) is 6.60. The maximum Gasteiger partial charge on any atom is 0.184 e. The van der Waals surface area contributed by atoms with Crippen molar-refractivity contribution in [3.05, 3.63) is 68.7 Å². The summed E-state index contributed by atoms with van der Waals surface area (Å²) in [6.07, 6.45) is -4.13. The van der Waals surface area contributed by atoms with Crippen LogP contribution in [0.2, 0.25) is 0 Å². The third-order valence-corrected chi connectivity index (χ3v) is 6.65. The van der Waals surface area contributed by atoms with Gasteiger partial charge in [-0.15, -0.1) is 0 Å². The number of rotatable bonds is 4. The standard InChI is InChI=1S/C23H27BrO6/c1-12-4-6-15(8-14(12)3)23-28-19-11-27-22(16-7-5-13(2)17(24)9-16)30-21(19)20(29-23)18(26)10-25/h4-9,18-23,25-26H,10-11H2,1-3H3/t18-,19+,20-,21-,22?,23?/m1/s1. The molecule has 0 saturated carbocycles. The number of aliphatic hydroxyl groups is 2. The Morgan fingerprint density at radius 2 is 1.63 bits per heavy atom. The lowest BCUT2D eigenvalue weighted by Gasteiger charge is -2.47. The maximum absolute atomic E-state index is 10.5. The van der Waals surface area contributed by atoms with Crippen LogP contribution in [-0.2, 0) is 18.9 Å². The molecule has 2 fully saturated rings. The third-order valence-electron chi connectivity index (χ3n) is 5.80. The van der Waals surface area contributed by atoms with Crippen molar-refractivity contribution in [1.82, 2.24) is 0 Å². The molecule has 2 aromatic rings. The number of halogens is 1. The van der Waals surface area contributed by atoms with Gasteiger partial charge in [0.2, 0.25) is 0 Å². The summed E-state index contributed by atoms with van der Waals surface area (Å²) < 4.78 is 25.3. The molecule has 162 valence electrons. The maximum atomic E-state index is 10.5. The van der Waals surface area contributed by atoms with Crippen molar-refractivity contribution in [2.24, 2.45) is 0 Å². The number of aliphatic hydroxyl groups excluding tert-OH is 2. The Hall–Kier alpha value is -1.32. The van der Waals surface area contributed by atoms with E-state index < -0.39 is 43.6 Å². The molecule has 0 bridgehead atoms. The van der Waals surface area contributed by atoms with Gasteiger partial charge in [0.15, 0.2) is 12.6 Å². The quantitative estimate of drug-likeness (QED) is 0.698. The Morgan fingerprint density at radius 3 is 2.30 bits per heavy atom. The van der Waals surface area contributed by atoms with Crippen LogP contribution in [0.1, 0.15) is 40.4 Å². The number of aryl methyl sites for hydroxylation is 3. The first-order chi connectivity index (χ1) is 14.4. The van der Waals surface area contributed by atoms with Gasteiger partial charge in [-0.05, 0) is 43.5 Å². The molecule has 7 heteroatoms. The molecule has 4 rings (SSSR count). The lowest BCUT2D eigenvalue weighted by molar-refractivity contribution is -0.373. The van der Waals surface area contributed by atoms with E-state index in [-0.39, 0.29) is 0 Å². The minimum atomic E-state index is -1.10. The van der Waals surface area contributed by atoms with Crippen LogP contribution >= 0.6 is 15.9 Å². The molecule has 2 aromatic carbocycles. The van der Waals surface area contributed by atoms with Gasteiger partial charge in [0, 0.05) is 15.6 Å². The van der Waals surface area contributed by atoms with Crippen molar-refractivity contribution in [1.29, 1.82) is 0 Å². The largest absolute Gasteiger partial charge is 0.394 e. The second kappa shape index (κ2) is 9.04. The van der Waals surface area contributed by atoms with Crippen molar-refractivity contribution in [3.63, 3.8) is 0 Å². The van der Waals surface area contributed by atoms with E-state index in [1.807, 2.05) is 57.2 Å². The summed E-state index contributed by atoms with van der Waals surface area (Å²) in [4.78, 5) is 0. The summed E-state index contributed by atoms with van der Waals surface area (Å²) in [7, 11) is 0. The Balaban J connectivity index is 1.57. The van der Waals surface area contributed by atoms with E-state index in [1.165, 1.54) is 5.56 Å². The highest BCUT2D eigenvalue weighted by Crippen LogP contribution is 2.39. The normalized spacial score (nSPS) is 30.0. The van der Waals surface area contributed by atoms with Crippen LogP contribution in [0.4, 0.5) is 0 Å². The van der Waals surface area contributed by atoms with Crippen molar-refractivity contribution >= 4 is 15.9 Å². The first kappa shape index (κ1) is 21.9. The van der Waals surface area contributed by atoms with E-state index in [0.29, 0.717) is 6.61 Å². The van der Waals surface area contributed by atoms with Crippen molar-refractivity contribution in [3.8, 4) is 0 Å². The molecular formula is C23H27BrO6. The van der Waals surface area contributed by atoms with E-state index in [1.54, 1.807) is 0 Å². The zero-order valence-corrected chi connectivity index (χ0v) is 18.8. The van der Waals surface area contributed by atoms with Crippen LogP contribution in [0.3, 0.4) is 0 Å². The fourth-order valence-corrected chi connectivity index (χ4v) is 4.17. The van der Waals surface area contributed by atoms with Crippen molar-refractivity contribution < 1.29 is 29.2 Å². The number of hydrogen-bond donors (Lipinski definition) is 2. The SMILES string of the molecule is Cc1ccc(C2O[C@H]([C@H](O)CO)[C@@H]3OC(c4ccc(C)c(Br)c4)OC[C@@H]3O2)cc1C. The van der Waals surface area contributed by atoms with Gasteiger partial charge in [-0.25, -0.2) is 0 Å². The summed E-state index contributed by atoms with van der Waals surface area (Å²) >= 11 is 3.54. The molecule has 2 unspecified atom stereocenters. The van der Waals surface area contributed by atoms with Gasteiger partial charge in [-0.2, -0.15) is 0 Å². The van der Waals surface area contributed by atoms with E-state index in [9.17, 15) is 10.2 Å². The first-order valence-corrected chi connectivity index (χ1v) is 10.9. The molecule has 6 atom stereocenters. The van der Waals surface area contributed by atoms with Crippen LogP contribution in [0.25, 0.3) is 0 Å². The number of ether oxygens (including phenoxy) is 4. The summed E-state index contributed by atoms with van der Waals surface area (Å²) in [6.45, 7) is 5.94. The number of fused-ring (bicyclic) bond motifs is 1. The lowest BCUT2D eigenvalue weighted by Crippen LogP contribution is -2.58. The monoisotopic (exact) mass is 478 g/mol. The minimum Gasteiger partial charge on any atom is -0.394 e. The van der Waals surface area contributed by atoms with Crippen LogP contribution in [0, 0.1) is 20.8 Å². The number of benzene rings is 2. The van der Waals surface area contributed by atoms with Gasteiger partial charge in [0.25, 0.3) is 0 Å². The molecule has 0 aliphatic carbocycles. The summed E-state index contributed by atoms with van der Waals surface area (Å²) in [5.41, 5.74) is 5.13. The van der Waals surface area contributed by atoms with Crippen LogP contribution < -0.4 is 0 Å². The van der Waals surface area contributed by atoms with Crippen LogP contribution in [0.5, 0.6) is 0 Å². The predicted octanol–water partition coefficient (Wildman–Crippen LogP) is 3.62. The zero-order chi connectivity index (χ0) is 21.4. The van der Waals surface area contributed by atoms with Gasteiger partial charge in [0.1, 0.15) is 24.4 Å². The highest BCUT2D eigenvalue weighted by atomic mass is 79.9. The Bertz CT molecular complexity index is 901. The zero-order valence-electron chi connectivity index (χ0n) is 17.2. The molecule has 2 aliphatic heterocycles. The molecule has 2 heterocycles. The van der Waals surface area contributed by atoms with E-state index >= 15 is 0 Å². The van der Waals surface area contributed by atoms with Gasteiger partial charge in [0.05, 0.1) is 13.2 Å². The van der Waals surface area contributed by atoms with Crippen LogP contribution in [0.15, 0.2) is 40.9 Å². The second-order valence-corrected chi connectivity index (χ2v) is 8.83. The second-order valence-electron chi connectivity index (χ2n) is 7.98. The van der Waals surface area contributed by atoms with E-state index in [0.717, 1.165) is 26.7 Å². The molecule has 0 radical (unpaired) electrons. The smallest absolute Gasteiger partial charge is 0.184 e. The molecule has 0 amide bonds. The Morgan fingerprint density at radius 1 is 0.933 bits per heavy atom. The predicted molar refractivity (Wildman–Crippen MR) is 114 cm³/mol. The molecule has 30 heavy (non-hydrogen) atoms. The molecule has 2 aliphatic rings. The average molecular weight is 479 g/mol. The van der Waals surface area contributed by atoms with E-state index in [4.69, 9.17) is 18.9 Å². The van der Waals surface area contributed by atoms with E-state index in [2.05, 4.69) is 15.9 Å². The van der Waals surface area contributed by atoms with Gasteiger partial charge >= 0.3 is 0 Å². The highest BCUT2D eigenvalue weighted by Gasteiger charge is 2.48. The first-order valence-electron chi connectivity index (χ1n) is 10.1. The van der Waals surface area contributed by atoms with Gasteiger partial charge in [-0.1, -0.05) is 46.3 Å². The topological polar surface area (TPSA) is 77.4 Å². The number of hydrogen-bond acceptors (Lipinski definition) is 6. The fourth-order valence-electron chi connectivity index (χ4n) is 3.78. The summed E-state index contributed by atoms with van der Waals surface area (Å²) in [5, 5.41) is 20.1. The van der Waals surface area contributed by atoms with Gasteiger partial charge in [-0.3, -0.25) is 0 Å². The van der Waals surface area contributed by atoms with Gasteiger partial charge < -0.3 is 29.2 Å². The summed E-state index contributed by atoms with van der Waals surface area (Å²) in [5.74, 6) is 0. The molecule has 2 saturated heterocycles. The average Bonchev–Trinajstić information content (AvgIpc) is 2.75. The van der Waals surface area contributed by atoms with Crippen LogP contribution in [-0.4, -0.2) is 47.8 Å². The molecule has 6 nitrogen and oxygen atoms in total. The minimum absolute atomic E-state index is 0.292. The molecule has 0 spiro atoms. The van der Waals surface area contributed by atoms with Crippen molar-refractivity contribution in [2.45, 2.75) is 57.8 Å². The third kappa shape index (κ3) is 4.34. The highest BCUT2D eigenvalue weighted by molar-refractivity contribution is 9.10. The summed E-state index contributed by atoms with van der Waals surface area (Å²) in [6, 6.07) is 11.9.